The molecule has 1 N–H and O–H groups in total. The highest BCUT2D eigenvalue weighted by Crippen LogP contribution is 2.36. The normalized spacial score (nSPS) is 25.0. The third-order valence-corrected chi connectivity index (χ3v) is 5.40. The van der Waals surface area contributed by atoms with Crippen molar-refractivity contribution in [1.82, 2.24) is 5.32 Å². The van der Waals surface area contributed by atoms with Crippen LogP contribution in [0.5, 0.6) is 5.75 Å². The van der Waals surface area contributed by atoms with Crippen LogP contribution in [-0.2, 0) is 0 Å². The van der Waals surface area contributed by atoms with Gasteiger partial charge in [-0.2, -0.15) is 11.8 Å². The third kappa shape index (κ3) is 3.46. The molecule has 3 rings (SSSR count). The molecule has 1 aromatic rings. The fourth-order valence-corrected chi connectivity index (χ4v) is 4.25. The minimum absolute atomic E-state index is 0.452. The second kappa shape index (κ2) is 6.19. The van der Waals surface area contributed by atoms with E-state index < -0.39 is 0 Å². The first-order valence-electron chi connectivity index (χ1n) is 7.42. The Bertz CT molecular complexity index is 413. The van der Waals surface area contributed by atoms with E-state index in [2.05, 4.69) is 48.4 Å². The molecule has 1 aliphatic heterocycles. The van der Waals surface area contributed by atoms with Crippen LogP contribution in [0.15, 0.2) is 24.3 Å². The van der Waals surface area contributed by atoms with Crippen molar-refractivity contribution >= 4 is 11.8 Å². The van der Waals surface area contributed by atoms with Crippen LogP contribution in [0.25, 0.3) is 0 Å². The molecular weight excluding hydrogens is 254 g/mol. The van der Waals surface area contributed by atoms with Gasteiger partial charge in [0.15, 0.2) is 0 Å². The zero-order chi connectivity index (χ0) is 13.1. The van der Waals surface area contributed by atoms with Crippen molar-refractivity contribution in [1.29, 1.82) is 0 Å². The Hall–Kier alpha value is -0.670. The summed E-state index contributed by atoms with van der Waals surface area (Å²) in [7, 11) is 2.08. The molecular formula is C16H23NOS. The Morgan fingerprint density at radius 2 is 2.16 bits per heavy atom. The Kier molecular flexibility index (Phi) is 4.34. The maximum atomic E-state index is 5.91. The van der Waals surface area contributed by atoms with E-state index in [1.54, 1.807) is 0 Å². The summed E-state index contributed by atoms with van der Waals surface area (Å²) in [5, 5.41) is 4.21. The molecule has 2 atom stereocenters. The van der Waals surface area contributed by atoms with Crippen LogP contribution in [0.3, 0.4) is 0 Å². The first-order chi connectivity index (χ1) is 9.36. The van der Waals surface area contributed by atoms with Gasteiger partial charge in [-0.05, 0) is 56.2 Å². The number of rotatable bonds is 5. The molecule has 2 fully saturated rings. The van der Waals surface area contributed by atoms with Crippen LogP contribution in [0.4, 0.5) is 0 Å². The van der Waals surface area contributed by atoms with Crippen LogP contribution in [0.1, 0.15) is 43.7 Å². The van der Waals surface area contributed by atoms with Crippen molar-refractivity contribution in [2.75, 3.05) is 12.8 Å². The van der Waals surface area contributed by atoms with Crippen molar-refractivity contribution in [3.8, 4) is 5.75 Å². The summed E-state index contributed by atoms with van der Waals surface area (Å²) in [6.07, 6.45) is 6.99. The van der Waals surface area contributed by atoms with Gasteiger partial charge in [-0.1, -0.05) is 18.6 Å². The van der Waals surface area contributed by atoms with Gasteiger partial charge in [-0.3, -0.25) is 0 Å². The standard InChI is InChI=1S/C16H23NOS/c1-17-16(15-7-2-3-10-19-15)12-5-4-6-14(11-12)18-13-8-9-13/h4-6,11,13,15-17H,2-3,7-10H2,1H3. The van der Waals surface area contributed by atoms with E-state index in [1.165, 1.54) is 43.4 Å². The van der Waals surface area contributed by atoms with Crippen molar-refractivity contribution in [2.45, 2.75) is 49.5 Å². The molecule has 1 saturated carbocycles. The lowest BCUT2D eigenvalue weighted by Gasteiger charge is -2.30. The number of benzene rings is 1. The van der Waals surface area contributed by atoms with E-state index in [1.807, 2.05) is 0 Å². The number of thioether (sulfide) groups is 1. The predicted octanol–water partition coefficient (Wildman–Crippen LogP) is 3.77. The Morgan fingerprint density at radius 3 is 2.84 bits per heavy atom. The average molecular weight is 277 g/mol. The Balaban J connectivity index is 1.73. The molecule has 104 valence electrons. The van der Waals surface area contributed by atoms with E-state index >= 15 is 0 Å². The van der Waals surface area contributed by atoms with E-state index in [9.17, 15) is 0 Å². The fraction of sp³-hybridized carbons (Fsp3) is 0.625. The minimum Gasteiger partial charge on any atom is -0.490 e. The van der Waals surface area contributed by atoms with Crippen molar-refractivity contribution in [3.63, 3.8) is 0 Å². The van der Waals surface area contributed by atoms with E-state index in [0.717, 1.165) is 5.75 Å². The lowest BCUT2D eigenvalue weighted by atomic mass is 9.99. The fourth-order valence-electron chi connectivity index (χ4n) is 2.76. The number of hydrogen-bond acceptors (Lipinski definition) is 3. The highest BCUT2D eigenvalue weighted by molar-refractivity contribution is 8.00. The first kappa shape index (κ1) is 13.3. The Labute approximate surface area is 120 Å². The lowest BCUT2D eigenvalue weighted by Crippen LogP contribution is -2.29. The van der Waals surface area contributed by atoms with Crippen LogP contribution >= 0.6 is 11.8 Å². The van der Waals surface area contributed by atoms with Crippen LogP contribution < -0.4 is 10.1 Å². The van der Waals surface area contributed by atoms with Crippen molar-refractivity contribution < 1.29 is 4.74 Å². The number of ether oxygens (including phenoxy) is 1. The smallest absolute Gasteiger partial charge is 0.120 e. The molecule has 2 nitrogen and oxygen atoms in total. The molecule has 0 bridgehead atoms. The van der Waals surface area contributed by atoms with Gasteiger partial charge in [-0.15, -0.1) is 0 Å². The van der Waals surface area contributed by atoms with E-state index in [4.69, 9.17) is 4.74 Å². The molecule has 19 heavy (non-hydrogen) atoms. The van der Waals surface area contributed by atoms with E-state index in [-0.39, 0.29) is 0 Å². The molecule has 2 unspecified atom stereocenters. The summed E-state index contributed by atoms with van der Waals surface area (Å²) in [6.45, 7) is 0. The van der Waals surface area contributed by atoms with Gasteiger partial charge < -0.3 is 10.1 Å². The zero-order valence-corrected chi connectivity index (χ0v) is 12.4. The van der Waals surface area contributed by atoms with Gasteiger partial charge in [0.05, 0.1) is 6.10 Å². The second-order valence-electron chi connectivity index (χ2n) is 5.56. The molecule has 0 radical (unpaired) electrons. The van der Waals surface area contributed by atoms with Crippen molar-refractivity contribution in [3.05, 3.63) is 29.8 Å². The summed E-state index contributed by atoms with van der Waals surface area (Å²) >= 11 is 2.12. The maximum Gasteiger partial charge on any atom is 0.120 e. The summed E-state index contributed by atoms with van der Waals surface area (Å²) in [4.78, 5) is 0. The van der Waals surface area contributed by atoms with Gasteiger partial charge in [0, 0.05) is 11.3 Å². The Morgan fingerprint density at radius 1 is 1.26 bits per heavy atom. The third-order valence-electron chi connectivity index (χ3n) is 3.94. The van der Waals surface area contributed by atoms with Crippen LogP contribution in [0, 0.1) is 0 Å². The monoisotopic (exact) mass is 277 g/mol. The number of hydrogen-bond donors (Lipinski definition) is 1. The van der Waals surface area contributed by atoms with Gasteiger partial charge in [0.1, 0.15) is 5.75 Å². The first-order valence-corrected chi connectivity index (χ1v) is 8.47. The average Bonchev–Trinajstić information content (AvgIpc) is 3.25. The SMILES string of the molecule is CNC(c1cccc(OC2CC2)c1)C1CCCCS1. The largest absolute Gasteiger partial charge is 0.490 e. The molecule has 1 saturated heterocycles. The predicted molar refractivity (Wildman–Crippen MR) is 82.0 cm³/mol. The topological polar surface area (TPSA) is 21.3 Å². The lowest BCUT2D eigenvalue weighted by molar-refractivity contribution is 0.302. The second-order valence-corrected chi connectivity index (χ2v) is 6.91. The summed E-state index contributed by atoms with van der Waals surface area (Å²) in [5.74, 6) is 2.35. The molecule has 0 aromatic heterocycles. The van der Waals surface area contributed by atoms with Crippen molar-refractivity contribution in [2.24, 2.45) is 0 Å². The quantitative estimate of drug-likeness (QED) is 0.885. The highest BCUT2D eigenvalue weighted by Gasteiger charge is 2.26. The summed E-state index contributed by atoms with van der Waals surface area (Å²) in [5.41, 5.74) is 1.38. The van der Waals surface area contributed by atoms with Crippen LogP contribution in [0.2, 0.25) is 0 Å². The molecule has 0 spiro atoms. The molecule has 3 heteroatoms. The highest BCUT2D eigenvalue weighted by atomic mass is 32.2. The van der Waals surface area contributed by atoms with Gasteiger partial charge in [0.2, 0.25) is 0 Å². The molecule has 1 aliphatic carbocycles. The molecule has 2 aliphatic rings. The zero-order valence-electron chi connectivity index (χ0n) is 11.6. The van der Waals surface area contributed by atoms with E-state index in [0.29, 0.717) is 17.4 Å². The summed E-state index contributed by atoms with van der Waals surface area (Å²) in [6, 6.07) is 9.13. The van der Waals surface area contributed by atoms with Crippen LogP contribution in [-0.4, -0.2) is 24.2 Å². The van der Waals surface area contributed by atoms with Gasteiger partial charge in [-0.25, -0.2) is 0 Å². The molecule has 1 heterocycles. The maximum absolute atomic E-state index is 5.91. The summed E-state index contributed by atoms with van der Waals surface area (Å²) < 4.78 is 5.91. The van der Waals surface area contributed by atoms with Gasteiger partial charge in [0.25, 0.3) is 0 Å². The van der Waals surface area contributed by atoms with Gasteiger partial charge >= 0.3 is 0 Å². The minimum atomic E-state index is 0.452. The number of nitrogens with one attached hydrogen (secondary N) is 1. The molecule has 1 aromatic carbocycles. The molecule has 0 amide bonds.